The summed E-state index contributed by atoms with van der Waals surface area (Å²) in [5, 5.41) is 8.81. The number of carbonyl (C=O) groups is 6. The molecule has 127 heavy (non-hydrogen) atoms. The number of ether oxygens (including phenoxy) is 5. The molecule has 0 radical (unpaired) electrons. The van der Waals surface area contributed by atoms with Gasteiger partial charge in [0.1, 0.15) is 25.6 Å². The molecular weight excluding hydrogens is 1590 g/mol. The van der Waals surface area contributed by atoms with Crippen LogP contribution in [0.1, 0.15) is 348 Å². The molecule has 0 fully saturated rings. The maximum Gasteiger partial charge on any atom is 0.308 e. The Balaban J connectivity index is -0.000000205. The number of carbonyl (C=O) groups excluding carboxylic acids is 6. The van der Waals surface area contributed by atoms with Crippen LogP contribution in [0, 0.1) is 94.7 Å². The average molecular weight is 1790 g/mol. The van der Waals surface area contributed by atoms with Gasteiger partial charge >= 0.3 is 29.8 Å². The predicted octanol–water partition coefficient (Wildman–Crippen LogP) is 32.5. The SMILES string of the molecule is C=CCC(C)C.C=CCOC(=O)C(C)C.CC(=O)C(C)C.CC(C)C.CC(C)C.CC(C)C(=O)OCC1c2ccccc2-c2ccccc21.CC(C)C(=O)OCc1ccccc1.CC(C)CC(C)C.CC(C)COC(=O)C(C)C.CC(C)C[Si](C)(C)C(C)C.CC(C)Cc1ccc(CO)cc1.CC(C)Cc1ccccc1.CCC(C)C.CCCCCOC(=O)C(C)C. The van der Waals surface area contributed by atoms with Gasteiger partial charge in [-0.15, -0.1) is 6.58 Å². The molecule has 1 aliphatic rings. The first kappa shape index (κ1) is 135. The molecule has 1 N–H and O–H groups in total. The molecular formula is C114H200O12Si. The summed E-state index contributed by atoms with van der Waals surface area (Å²) in [6, 6.07) is 46.6. The quantitative estimate of drug-likeness (QED) is 0.0147. The summed E-state index contributed by atoms with van der Waals surface area (Å²) in [4.78, 5) is 65.3. The van der Waals surface area contributed by atoms with E-state index in [0.29, 0.717) is 44.9 Å². The zero-order valence-corrected chi connectivity index (χ0v) is 90.7. The van der Waals surface area contributed by atoms with E-state index in [-0.39, 0.29) is 83.7 Å². The largest absolute Gasteiger partial charge is 0.465 e. The van der Waals surface area contributed by atoms with E-state index in [1.54, 1.807) is 26.8 Å². The summed E-state index contributed by atoms with van der Waals surface area (Å²) < 4.78 is 25.1. The van der Waals surface area contributed by atoms with Gasteiger partial charge in [0.15, 0.2) is 0 Å². The number of Topliss-reactive ketones (excluding diaryl/α,β-unsaturated/α-hetero) is 1. The molecule has 6 rings (SSSR count). The van der Waals surface area contributed by atoms with Gasteiger partial charge in [0.05, 0.1) is 57.5 Å². The van der Waals surface area contributed by atoms with Crippen molar-refractivity contribution in [1.29, 1.82) is 0 Å². The van der Waals surface area contributed by atoms with E-state index in [1.165, 1.54) is 65.1 Å². The fourth-order valence-corrected chi connectivity index (χ4v) is 12.6. The summed E-state index contributed by atoms with van der Waals surface area (Å²) >= 11 is 0. The van der Waals surface area contributed by atoms with Gasteiger partial charge in [0.25, 0.3) is 0 Å². The van der Waals surface area contributed by atoms with Crippen LogP contribution >= 0.6 is 0 Å². The fourth-order valence-electron chi connectivity index (χ4n) is 9.98. The van der Waals surface area contributed by atoms with Crippen molar-refractivity contribution in [2.75, 3.05) is 26.4 Å². The molecule has 5 aromatic carbocycles. The second-order valence-corrected chi connectivity index (χ2v) is 46.0. The zero-order valence-electron chi connectivity index (χ0n) is 89.7. The monoisotopic (exact) mass is 1790 g/mol. The molecule has 0 bridgehead atoms. The van der Waals surface area contributed by atoms with Crippen LogP contribution < -0.4 is 0 Å². The molecule has 5 aromatic rings. The van der Waals surface area contributed by atoms with Crippen molar-refractivity contribution in [3.63, 3.8) is 0 Å². The van der Waals surface area contributed by atoms with E-state index >= 15 is 0 Å². The summed E-state index contributed by atoms with van der Waals surface area (Å²) in [6.45, 7) is 95.7. The molecule has 732 valence electrons. The molecule has 0 unspecified atom stereocenters. The molecule has 13 heteroatoms. The molecule has 0 saturated carbocycles. The number of benzene rings is 5. The number of ketones is 1. The molecule has 0 aromatic heterocycles. The Morgan fingerprint density at radius 3 is 1.00 bits per heavy atom. The number of hydrogen-bond acceptors (Lipinski definition) is 12. The predicted molar refractivity (Wildman–Crippen MR) is 556 cm³/mol. The van der Waals surface area contributed by atoms with Crippen LogP contribution in [0.5, 0.6) is 0 Å². The zero-order chi connectivity index (χ0) is 100. The number of allylic oxidation sites excluding steroid dienone is 1. The maximum absolute atomic E-state index is 11.7. The van der Waals surface area contributed by atoms with Crippen molar-refractivity contribution >= 4 is 43.7 Å². The third-order valence-electron chi connectivity index (χ3n) is 17.9. The van der Waals surface area contributed by atoms with Crippen LogP contribution in [-0.2, 0) is 78.5 Å². The smallest absolute Gasteiger partial charge is 0.308 e. The average Bonchev–Trinajstić information content (AvgIpc) is 1.62. The Morgan fingerprint density at radius 2 is 0.717 bits per heavy atom. The van der Waals surface area contributed by atoms with E-state index in [2.05, 4.69) is 271 Å². The van der Waals surface area contributed by atoms with E-state index < -0.39 is 8.07 Å². The van der Waals surface area contributed by atoms with Crippen molar-refractivity contribution in [2.24, 2.45) is 94.7 Å². The summed E-state index contributed by atoms with van der Waals surface area (Å²) in [6.07, 6.45) is 12.9. The van der Waals surface area contributed by atoms with Crippen LogP contribution in [0.25, 0.3) is 11.1 Å². The highest BCUT2D eigenvalue weighted by Gasteiger charge is 2.30. The Kier molecular flexibility index (Phi) is 91.1. The molecule has 0 heterocycles. The van der Waals surface area contributed by atoms with Crippen LogP contribution in [0.2, 0.25) is 24.7 Å². The van der Waals surface area contributed by atoms with Gasteiger partial charge in [0, 0.05) is 11.8 Å². The molecule has 0 aliphatic heterocycles. The highest BCUT2D eigenvalue weighted by molar-refractivity contribution is 6.78. The minimum absolute atomic E-state index is 0.00116. The number of aliphatic hydroxyl groups excluding tert-OH is 1. The number of rotatable bonds is 31. The standard InChI is InChI=1S/C18H18O2.C11H14O2.C11H16O.C10H14.C9H18O2.C9H22Si.C8H16O2.C7H12O2.C7H16.C6H12.C5H10O.C5H12.2C4H10/c1-12(2)18(19)20-11-17-15-9-5-3-7-13(15)14-8-4-6-10-16(14)17;1-9(2)11(12)13-8-10-6-4-3-5-7-10;1-9(2)7-10-3-5-11(8-12)6-4-10;1-9(2)8-10-6-4-3-5-7-10;1-4-5-6-7-11-9(10)8(2)3;1-8(2)7-10(5,6)9(3)4;1-6(2)5-10-8(9)7(3)4;1-4-5-9-7(8)6(2)3;1-6(2)5-7(3)4;1-4-5-6(2)3;1-4(2)5(3)6;1-4-5(2)3;2*1-4(2)3/h3-10,12,17H,11H2,1-2H3;3-7,9H,8H2,1-2H3;3-6,9,12H,7-8H2,1-2H3;3-7,9H,8H2,1-2H3;8H,4-7H2,1-3H3;8-9H,7H2,1-6H3;6-7H,5H2,1-4H3;4,6H,1,5H2,2-3H3;6-7H,5H2,1-4H3;4,6H,1,5H2,2-3H3;4H,1-3H3;5H,4H2,1-3H3;2*4H,1-3H3. The van der Waals surface area contributed by atoms with Crippen molar-refractivity contribution in [2.45, 2.75) is 365 Å². The van der Waals surface area contributed by atoms with Crippen molar-refractivity contribution in [1.82, 2.24) is 0 Å². The molecule has 0 saturated heterocycles. The Bertz CT molecular complexity index is 3330. The van der Waals surface area contributed by atoms with E-state index in [4.69, 9.17) is 28.8 Å². The van der Waals surface area contributed by atoms with Gasteiger partial charge in [-0.05, 0) is 143 Å². The molecule has 0 amide bonds. The number of hydrogen-bond donors (Lipinski definition) is 1. The lowest BCUT2D eigenvalue weighted by Gasteiger charge is -2.28. The minimum atomic E-state index is -0.844. The van der Waals surface area contributed by atoms with Gasteiger partial charge in [-0.2, -0.15) is 0 Å². The van der Waals surface area contributed by atoms with Crippen LogP contribution in [0.3, 0.4) is 0 Å². The molecule has 0 spiro atoms. The van der Waals surface area contributed by atoms with E-state index in [9.17, 15) is 28.8 Å². The second-order valence-electron chi connectivity index (χ2n) is 40.4. The number of esters is 5. The highest BCUT2D eigenvalue weighted by atomic mass is 28.3. The highest BCUT2D eigenvalue weighted by Crippen LogP contribution is 2.44. The van der Waals surface area contributed by atoms with Gasteiger partial charge in [-0.3, -0.25) is 28.8 Å². The summed E-state index contributed by atoms with van der Waals surface area (Å²) in [5.74, 6) is 7.70. The van der Waals surface area contributed by atoms with Crippen molar-refractivity contribution in [3.05, 3.63) is 192 Å². The van der Waals surface area contributed by atoms with E-state index in [1.807, 2.05) is 144 Å². The van der Waals surface area contributed by atoms with Crippen molar-refractivity contribution < 1.29 is 57.6 Å². The van der Waals surface area contributed by atoms with Crippen LogP contribution in [0.4, 0.5) is 0 Å². The first-order valence-electron chi connectivity index (χ1n) is 48.4. The molecule has 1 aliphatic carbocycles. The lowest BCUT2D eigenvalue weighted by atomic mass is 9.98. The fraction of sp³-hybridized carbons (Fsp3) is 0.649. The topological polar surface area (TPSA) is 169 Å². The molecule has 12 nitrogen and oxygen atoms in total. The Labute approximate surface area is 786 Å². The minimum Gasteiger partial charge on any atom is -0.465 e. The molecule has 0 atom stereocenters. The maximum atomic E-state index is 11.7. The Hall–Kier alpha value is -7.22. The van der Waals surface area contributed by atoms with Crippen molar-refractivity contribution in [3.8, 4) is 11.1 Å². The number of aliphatic hydroxyl groups is 1. The lowest BCUT2D eigenvalue weighted by Crippen LogP contribution is -2.30. The first-order chi connectivity index (χ1) is 58.9. The van der Waals surface area contributed by atoms with Crippen LogP contribution in [-0.4, -0.2) is 75.2 Å². The van der Waals surface area contributed by atoms with Gasteiger partial charge in [0.2, 0.25) is 0 Å². The first-order valence-corrected chi connectivity index (χ1v) is 51.7. The summed E-state index contributed by atoms with van der Waals surface area (Å²) in [5.41, 5.74) is 10.8. The third-order valence-corrected chi connectivity index (χ3v) is 22.9. The van der Waals surface area contributed by atoms with Gasteiger partial charge in [-0.1, -0.05) is 459 Å². The Morgan fingerprint density at radius 1 is 0.378 bits per heavy atom. The third kappa shape index (κ3) is 93.3. The second kappa shape index (κ2) is 85.5. The number of fused-ring (bicyclic) bond motifs is 3. The van der Waals surface area contributed by atoms with Crippen LogP contribution in [0.15, 0.2) is 159 Å². The van der Waals surface area contributed by atoms with Gasteiger partial charge < -0.3 is 28.8 Å². The number of unbranched alkanes of at least 4 members (excludes halogenated alkanes) is 2. The lowest BCUT2D eigenvalue weighted by molar-refractivity contribution is -0.149. The summed E-state index contributed by atoms with van der Waals surface area (Å²) in [7, 11) is -0.844. The van der Waals surface area contributed by atoms with E-state index in [0.717, 1.165) is 89.7 Å². The normalized spacial score (nSPS) is 10.8. The van der Waals surface area contributed by atoms with Gasteiger partial charge in [-0.25, -0.2) is 0 Å².